The van der Waals surface area contributed by atoms with Gasteiger partial charge in [-0.25, -0.2) is 0 Å². The number of ether oxygens (including phenoxy) is 1. The predicted octanol–water partition coefficient (Wildman–Crippen LogP) is 4.68. The Morgan fingerprint density at radius 2 is 1.97 bits per heavy atom. The molecule has 0 spiro atoms. The van der Waals surface area contributed by atoms with Gasteiger partial charge in [0.1, 0.15) is 5.75 Å². The summed E-state index contributed by atoms with van der Waals surface area (Å²) in [5.74, 6) is 0.793. The summed E-state index contributed by atoms with van der Waals surface area (Å²) in [6.45, 7) is 1.97. The van der Waals surface area contributed by atoms with Crippen LogP contribution in [0, 0.1) is 5.92 Å². The molecule has 1 amide bonds. The van der Waals surface area contributed by atoms with Gasteiger partial charge in [-0.3, -0.25) is 4.79 Å². The van der Waals surface area contributed by atoms with Crippen LogP contribution in [-0.2, 0) is 21.4 Å². The zero-order chi connectivity index (χ0) is 24.0. The molecule has 5 nitrogen and oxygen atoms in total. The van der Waals surface area contributed by atoms with E-state index < -0.39 is 0 Å². The summed E-state index contributed by atoms with van der Waals surface area (Å²) in [6.07, 6.45) is 7.57. The monoisotopic (exact) mass is 464 g/mol. The molecule has 184 valence electrons. The number of benzene rings is 2. The van der Waals surface area contributed by atoms with E-state index in [1.165, 1.54) is 11.1 Å². The van der Waals surface area contributed by atoms with Crippen molar-refractivity contribution in [3.05, 3.63) is 65.7 Å². The van der Waals surface area contributed by atoms with E-state index >= 15 is 0 Å². The fourth-order valence-corrected chi connectivity index (χ4v) is 6.27. The molecule has 1 aliphatic heterocycles. The molecule has 5 heteroatoms. The van der Waals surface area contributed by atoms with Gasteiger partial charge in [-0.05, 0) is 75.4 Å². The van der Waals surface area contributed by atoms with Crippen LogP contribution in [-0.4, -0.2) is 55.3 Å². The lowest BCUT2D eigenvalue weighted by Gasteiger charge is -2.55. The van der Waals surface area contributed by atoms with Crippen molar-refractivity contribution in [2.75, 3.05) is 27.2 Å². The van der Waals surface area contributed by atoms with Gasteiger partial charge in [-0.2, -0.15) is 0 Å². The summed E-state index contributed by atoms with van der Waals surface area (Å²) in [5.41, 5.74) is 2.44. The number of hydrogen-bond donors (Lipinski definition) is 2. The number of phenolic OH excluding ortho intramolecular Hbond substituents is 1. The molecular weight excluding hydrogens is 424 g/mol. The van der Waals surface area contributed by atoms with Crippen LogP contribution < -0.4 is 5.32 Å². The van der Waals surface area contributed by atoms with Crippen LogP contribution in [0.2, 0.25) is 0 Å². The van der Waals surface area contributed by atoms with Crippen LogP contribution in [0.15, 0.2) is 54.6 Å². The number of likely N-dealkylation sites (tertiary alicyclic amines) is 1. The normalized spacial score (nSPS) is 27.2. The topological polar surface area (TPSA) is 61.8 Å². The Kier molecular flexibility index (Phi) is 8.28. The first kappa shape index (κ1) is 24.7. The number of hydrogen-bond acceptors (Lipinski definition) is 4. The van der Waals surface area contributed by atoms with E-state index in [0.29, 0.717) is 18.1 Å². The van der Waals surface area contributed by atoms with Gasteiger partial charge in [-0.1, -0.05) is 48.9 Å². The fraction of sp³-hybridized carbons (Fsp3) is 0.552. The van der Waals surface area contributed by atoms with E-state index in [1.807, 2.05) is 18.2 Å². The lowest BCUT2D eigenvalue weighted by atomic mass is 9.57. The summed E-state index contributed by atoms with van der Waals surface area (Å²) >= 11 is 0. The molecule has 2 aromatic rings. The number of methoxy groups -OCH3 is 1. The van der Waals surface area contributed by atoms with Crippen molar-refractivity contribution < 1.29 is 14.6 Å². The number of aromatic hydroxyl groups is 1. The number of carbonyl (C=O) groups excluding carboxylic acids is 1. The van der Waals surface area contributed by atoms with Crippen LogP contribution in [0.1, 0.15) is 56.1 Å². The summed E-state index contributed by atoms with van der Waals surface area (Å²) in [4.78, 5) is 15.2. The number of nitrogens with one attached hydrogen (secondary N) is 1. The minimum absolute atomic E-state index is 0.0787. The number of aryl methyl sites for hydroxylation is 1. The molecule has 4 rings (SSSR count). The number of fused-ring (bicyclic) bond motifs is 1. The number of phenols is 1. The molecule has 0 aromatic heterocycles. The molecule has 1 unspecified atom stereocenters. The van der Waals surface area contributed by atoms with Gasteiger partial charge in [0.05, 0.1) is 6.10 Å². The molecular formula is C29H40N2O3. The van der Waals surface area contributed by atoms with E-state index in [2.05, 4.69) is 47.6 Å². The van der Waals surface area contributed by atoms with Crippen LogP contribution >= 0.6 is 0 Å². The Hall–Kier alpha value is -2.37. The molecule has 2 aliphatic rings. The van der Waals surface area contributed by atoms with Crippen molar-refractivity contribution in [3.63, 3.8) is 0 Å². The zero-order valence-corrected chi connectivity index (χ0v) is 20.7. The first-order valence-corrected chi connectivity index (χ1v) is 12.8. The molecule has 1 aliphatic carbocycles. The Balaban J connectivity index is 1.37. The predicted molar refractivity (Wildman–Crippen MR) is 136 cm³/mol. The smallest absolute Gasteiger partial charge is 0.220 e. The highest BCUT2D eigenvalue weighted by Crippen LogP contribution is 2.50. The van der Waals surface area contributed by atoms with Crippen LogP contribution in [0.5, 0.6) is 5.75 Å². The maximum Gasteiger partial charge on any atom is 0.220 e. The molecule has 2 N–H and O–H groups in total. The van der Waals surface area contributed by atoms with E-state index in [9.17, 15) is 9.90 Å². The van der Waals surface area contributed by atoms with Crippen LogP contribution in [0.25, 0.3) is 0 Å². The van der Waals surface area contributed by atoms with E-state index in [1.54, 1.807) is 13.2 Å². The highest BCUT2D eigenvalue weighted by atomic mass is 16.5. The Labute approximate surface area is 204 Å². The van der Waals surface area contributed by atoms with Gasteiger partial charge in [0.15, 0.2) is 0 Å². The second-order valence-electron chi connectivity index (χ2n) is 10.3. The lowest BCUT2D eigenvalue weighted by Crippen LogP contribution is -2.60. The van der Waals surface area contributed by atoms with Crippen molar-refractivity contribution in [1.29, 1.82) is 0 Å². The molecule has 0 bridgehead atoms. The second-order valence-corrected chi connectivity index (χ2v) is 10.3. The maximum absolute atomic E-state index is 12.8. The molecule has 2 fully saturated rings. The number of rotatable bonds is 9. The van der Waals surface area contributed by atoms with Gasteiger partial charge in [0.2, 0.25) is 5.91 Å². The van der Waals surface area contributed by atoms with Crippen molar-refractivity contribution in [2.24, 2.45) is 5.92 Å². The fourth-order valence-electron chi connectivity index (χ4n) is 6.27. The molecule has 34 heavy (non-hydrogen) atoms. The standard InChI is InChI=1S/C29H40N2O3/c1-31-17-16-29(23-13-9-14-25(32)18-23)20-24(19-27(34-2)26(29)21-31)30-28(33)15-8-4-7-12-22-10-5-3-6-11-22/h3,5-6,9-11,13-14,18,24,26-27,32H,4,7-8,12,15-17,19-21H2,1-2H3,(H,30,33)/t24-,26+,27?,29+/m1/s1. The first-order chi connectivity index (χ1) is 16.5. The third kappa shape index (κ3) is 5.81. The number of carbonyl (C=O) groups is 1. The largest absolute Gasteiger partial charge is 0.508 e. The molecule has 1 saturated heterocycles. The lowest BCUT2D eigenvalue weighted by molar-refractivity contribution is -0.124. The summed E-state index contributed by atoms with van der Waals surface area (Å²) < 4.78 is 6.01. The number of amides is 1. The number of nitrogens with zero attached hydrogens (tertiary/aromatic N) is 1. The Morgan fingerprint density at radius 3 is 2.74 bits per heavy atom. The van der Waals surface area contributed by atoms with Gasteiger partial charge >= 0.3 is 0 Å². The molecule has 4 atom stereocenters. The maximum atomic E-state index is 12.8. The third-order valence-corrected chi connectivity index (χ3v) is 8.04. The zero-order valence-electron chi connectivity index (χ0n) is 20.7. The average molecular weight is 465 g/mol. The van der Waals surface area contributed by atoms with E-state index in [-0.39, 0.29) is 23.5 Å². The highest BCUT2D eigenvalue weighted by molar-refractivity contribution is 5.76. The van der Waals surface area contributed by atoms with E-state index in [4.69, 9.17) is 4.74 Å². The summed E-state index contributed by atoms with van der Waals surface area (Å²) in [6, 6.07) is 18.4. The Bertz CT molecular complexity index is 934. The number of piperidine rings is 1. The van der Waals surface area contributed by atoms with Crippen molar-refractivity contribution >= 4 is 5.91 Å². The summed E-state index contributed by atoms with van der Waals surface area (Å²) in [5, 5.41) is 13.6. The quantitative estimate of drug-likeness (QED) is 0.529. The second kappa shape index (κ2) is 11.4. The minimum atomic E-state index is -0.0994. The molecule has 1 heterocycles. The van der Waals surface area contributed by atoms with Gasteiger partial charge < -0.3 is 20.1 Å². The van der Waals surface area contributed by atoms with Crippen LogP contribution in [0.4, 0.5) is 0 Å². The SMILES string of the molecule is COC1C[C@@H](NC(=O)CCCCCc2ccccc2)C[C@]2(c3cccc(O)c3)CCN(C)C[C@@H]12. The van der Waals surface area contributed by atoms with Crippen molar-refractivity contribution in [2.45, 2.75) is 68.9 Å². The number of unbranched alkanes of at least 4 members (excludes halogenated alkanes) is 2. The Morgan fingerprint density at radius 1 is 1.15 bits per heavy atom. The van der Waals surface area contributed by atoms with E-state index in [0.717, 1.165) is 58.0 Å². The van der Waals surface area contributed by atoms with Gasteiger partial charge in [0.25, 0.3) is 0 Å². The van der Waals surface area contributed by atoms with Crippen molar-refractivity contribution in [1.82, 2.24) is 10.2 Å². The highest BCUT2D eigenvalue weighted by Gasteiger charge is 2.52. The van der Waals surface area contributed by atoms with Crippen LogP contribution in [0.3, 0.4) is 0 Å². The molecule has 1 saturated carbocycles. The molecule has 0 radical (unpaired) electrons. The third-order valence-electron chi connectivity index (χ3n) is 8.04. The first-order valence-electron chi connectivity index (χ1n) is 12.8. The minimum Gasteiger partial charge on any atom is -0.508 e. The average Bonchev–Trinajstić information content (AvgIpc) is 2.84. The van der Waals surface area contributed by atoms with Gasteiger partial charge in [0, 0.05) is 37.5 Å². The molecule has 2 aromatic carbocycles. The van der Waals surface area contributed by atoms with Crippen molar-refractivity contribution in [3.8, 4) is 5.75 Å². The summed E-state index contributed by atoms with van der Waals surface area (Å²) in [7, 11) is 3.97. The van der Waals surface area contributed by atoms with Gasteiger partial charge in [-0.15, -0.1) is 0 Å².